The molecule has 2 N–H and O–H groups in total. The van der Waals surface area contributed by atoms with Gasteiger partial charge in [-0.05, 0) is 74.8 Å². The van der Waals surface area contributed by atoms with Crippen molar-refractivity contribution in [3.8, 4) is 0 Å². The van der Waals surface area contributed by atoms with Crippen molar-refractivity contribution in [2.75, 3.05) is 12.3 Å². The van der Waals surface area contributed by atoms with E-state index in [1.807, 2.05) is 0 Å². The van der Waals surface area contributed by atoms with E-state index in [1.54, 1.807) is 0 Å². The second-order valence-corrected chi connectivity index (χ2v) is 11.9. The number of carbonyl (C=O) groups excluding carboxylic acids is 4. The first-order chi connectivity index (χ1) is 17.4. The molecule has 0 aromatic heterocycles. The zero-order valence-corrected chi connectivity index (χ0v) is 21.4. The molecular formula is C27H34FN3O4S. The molecular weight excluding hydrogens is 481 g/mol. The van der Waals surface area contributed by atoms with Gasteiger partial charge in [0, 0.05) is 17.4 Å². The molecule has 1 aromatic rings. The molecule has 2 saturated carbocycles. The van der Waals surface area contributed by atoms with Gasteiger partial charge in [0.2, 0.25) is 11.8 Å². The van der Waals surface area contributed by atoms with Gasteiger partial charge in [0.15, 0.2) is 0 Å². The number of rotatable bonds is 11. The highest BCUT2D eigenvalue weighted by Crippen LogP contribution is 2.55. The van der Waals surface area contributed by atoms with Crippen molar-refractivity contribution in [1.82, 2.24) is 15.5 Å². The van der Waals surface area contributed by atoms with E-state index in [2.05, 4.69) is 10.6 Å². The molecule has 194 valence electrons. The third-order valence-electron chi connectivity index (χ3n) is 8.29. The monoisotopic (exact) mass is 515 g/mol. The Bertz CT molecular complexity index is 1070. The van der Waals surface area contributed by atoms with Crippen LogP contribution in [0.5, 0.6) is 0 Å². The molecule has 5 rings (SSSR count). The number of unbranched alkanes of at least 4 members (excludes halogenated alkanes) is 4. The summed E-state index contributed by atoms with van der Waals surface area (Å²) in [5.41, 5.74) is 0.499. The summed E-state index contributed by atoms with van der Waals surface area (Å²) in [6.07, 6.45) is 12.7. The van der Waals surface area contributed by atoms with Gasteiger partial charge >= 0.3 is 0 Å². The Balaban J connectivity index is 1.05. The number of halogens is 1. The van der Waals surface area contributed by atoms with Crippen LogP contribution in [-0.4, -0.2) is 52.9 Å². The number of amides is 4. The van der Waals surface area contributed by atoms with E-state index >= 15 is 0 Å². The molecule has 2 aliphatic carbocycles. The van der Waals surface area contributed by atoms with Crippen molar-refractivity contribution >= 4 is 35.4 Å². The predicted octanol–water partition coefficient (Wildman–Crippen LogP) is 4.19. The molecule has 4 aliphatic rings. The van der Waals surface area contributed by atoms with Crippen LogP contribution in [0.25, 0.3) is 0 Å². The lowest BCUT2D eigenvalue weighted by atomic mass is 9.54. The maximum Gasteiger partial charge on any atom is 0.265 e. The molecule has 36 heavy (non-hydrogen) atoms. The summed E-state index contributed by atoms with van der Waals surface area (Å²) in [6, 6.07) is 2.39. The first kappa shape index (κ1) is 25.4. The Kier molecular flexibility index (Phi) is 7.49. The minimum Gasteiger partial charge on any atom is -0.314 e. The number of hydrogen-bond acceptors (Lipinski definition) is 6. The van der Waals surface area contributed by atoms with E-state index < -0.39 is 35.5 Å². The number of thioether (sulfide) groups is 1. The standard InChI is InChI=1S/C27H34FN3O4S/c28-18-7-9-20(23-22(18)25(34)31(26(23)35)19-8-10-21(32)30-24(19)33)36-14-5-3-1-2-4-13-29-17-15-27(16-17)11-6-12-27/h7,9,17,19,29H,1-6,8,10-16H2,(H,30,32,33). The molecule has 7 nitrogen and oxygen atoms in total. The quantitative estimate of drug-likeness (QED) is 0.261. The normalized spacial score (nSPS) is 23.0. The number of imide groups is 2. The van der Waals surface area contributed by atoms with Crippen molar-refractivity contribution in [1.29, 1.82) is 0 Å². The fourth-order valence-electron chi connectivity index (χ4n) is 6.11. The van der Waals surface area contributed by atoms with Crippen molar-refractivity contribution in [2.45, 2.75) is 94.0 Å². The van der Waals surface area contributed by atoms with Gasteiger partial charge in [0.25, 0.3) is 11.8 Å². The first-order valence-corrected chi connectivity index (χ1v) is 14.3. The summed E-state index contributed by atoms with van der Waals surface area (Å²) >= 11 is 1.45. The van der Waals surface area contributed by atoms with Gasteiger partial charge in [-0.15, -0.1) is 11.8 Å². The molecule has 3 fully saturated rings. The summed E-state index contributed by atoms with van der Waals surface area (Å²) in [6.45, 7) is 1.09. The molecule has 1 atom stereocenters. The summed E-state index contributed by atoms with van der Waals surface area (Å²) < 4.78 is 14.6. The van der Waals surface area contributed by atoms with Crippen LogP contribution in [-0.2, 0) is 9.59 Å². The molecule has 0 radical (unpaired) electrons. The van der Waals surface area contributed by atoms with Crippen LogP contribution in [0.1, 0.15) is 97.8 Å². The Morgan fingerprint density at radius 3 is 2.44 bits per heavy atom. The molecule has 9 heteroatoms. The number of piperidine rings is 1. The third-order valence-corrected chi connectivity index (χ3v) is 9.43. The van der Waals surface area contributed by atoms with Crippen LogP contribution in [0, 0.1) is 11.2 Å². The molecule has 0 bridgehead atoms. The van der Waals surface area contributed by atoms with Crippen LogP contribution < -0.4 is 10.6 Å². The van der Waals surface area contributed by atoms with Crippen molar-refractivity contribution in [3.63, 3.8) is 0 Å². The van der Waals surface area contributed by atoms with Gasteiger partial charge in [0.05, 0.1) is 11.1 Å². The van der Waals surface area contributed by atoms with Crippen LogP contribution in [0.4, 0.5) is 4.39 Å². The number of nitrogens with one attached hydrogen (secondary N) is 2. The lowest BCUT2D eigenvalue weighted by molar-refractivity contribution is -0.136. The fraction of sp³-hybridized carbons (Fsp3) is 0.630. The molecule has 2 aliphatic heterocycles. The van der Waals surface area contributed by atoms with Crippen molar-refractivity contribution in [3.05, 3.63) is 29.1 Å². The van der Waals surface area contributed by atoms with Gasteiger partial charge in [-0.25, -0.2) is 4.39 Å². The lowest BCUT2D eigenvalue weighted by Gasteiger charge is -2.54. The minimum absolute atomic E-state index is 0.0330. The largest absolute Gasteiger partial charge is 0.314 e. The molecule has 1 aromatic carbocycles. The maximum absolute atomic E-state index is 14.6. The fourth-order valence-corrected chi connectivity index (χ4v) is 7.17. The predicted molar refractivity (Wildman–Crippen MR) is 134 cm³/mol. The van der Waals surface area contributed by atoms with E-state index in [9.17, 15) is 23.6 Å². The molecule has 1 saturated heterocycles. The van der Waals surface area contributed by atoms with Gasteiger partial charge in [-0.1, -0.05) is 25.7 Å². The van der Waals surface area contributed by atoms with Crippen molar-refractivity contribution < 1.29 is 23.6 Å². The first-order valence-electron chi connectivity index (χ1n) is 13.3. The lowest BCUT2D eigenvalue weighted by Crippen LogP contribution is -2.54. The highest BCUT2D eigenvalue weighted by Gasteiger charge is 2.48. The van der Waals surface area contributed by atoms with Gasteiger partial charge < -0.3 is 5.32 Å². The summed E-state index contributed by atoms with van der Waals surface area (Å²) in [4.78, 5) is 51.1. The van der Waals surface area contributed by atoms with E-state index in [0.29, 0.717) is 4.90 Å². The molecule has 2 heterocycles. The second-order valence-electron chi connectivity index (χ2n) is 10.8. The Morgan fingerprint density at radius 1 is 1.00 bits per heavy atom. The number of benzene rings is 1. The minimum atomic E-state index is -1.09. The maximum atomic E-state index is 14.6. The zero-order valence-electron chi connectivity index (χ0n) is 20.6. The highest BCUT2D eigenvalue weighted by molar-refractivity contribution is 7.99. The average Bonchev–Trinajstić information content (AvgIpc) is 3.05. The Hall–Kier alpha value is -2.26. The zero-order chi connectivity index (χ0) is 25.3. The van der Waals surface area contributed by atoms with E-state index in [4.69, 9.17) is 0 Å². The molecule has 4 amide bonds. The van der Waals surface area contributed by atoms with E-state index in [1.165, 1.54) is 68.8 Å². The highest BCUT2D eigenvalue weighted by atomic mass is 32.2. The Labute approximate surface area is 215 Å². The Morgan fingerprint density at radius 2 is 1.72 bits per heavy atom. The van der Waals surface area contributed by atoms with Crippen molar-refractivity contribution in [2.24, 2.45) is 5.41 Å². The van der Waals surface area contributed by atoms with Crippen LogP contribution in [0.15, 0.2) is 17.0 Å². The van der Waals surface area contributed by atoms with Gasteiger partial charge in [-0.3, -0.25) is 29.4 Å². The SMILES string of the molecule is O=C1CCC(N2C(=O)c3c(F)ccc(SCCCCCCCNC4CC5(CCC5)C4)c3C2=O)C(=O)N1. The van der Waals surface area contributed by atoms with Crippen LogP contribution in [0.2, 0.25) is 0 Å². The second kappa shape index (κ2) is 10.6. The summed E-state index contributed by atoms with van der Waals surface area (Å²) in [5.74, 6) is -2.59. The number of hydrogen-bond donors (Lipinski definition) is 2. The summed E-state index contributed by atoms with van der Waals surface area (Å²) in [7, 11) is 0. The van der Waals surface area contributed by atoms with Crippen LogP contribution >= 0.6 is 11.8 Å². The van der Waals surface area contributed by atoms with E-state index in [0.717, 1.165) is 47.9 Å². The topological polar surface area (TPSA) is 95.6 Å². The molecule has 1 unspecified atom stereocenters. The molecule has 1 spiro atoms. The average molecular weight is 516 g/mol. The number of fused-ring (bicyclic) bond motifs is 1. The van der Waals surface area contributed by atoms with Crippen LogP contribution in [0.3, 0.4) is 0 Å². The summed E-state index contributed by atoms with van der Waals surface area (Å²) in [5, 5.41) is 5.86. The van der Waals surface area contributed by atoms with Gasteiger partial charge in [0.1, 0.15) is 11.9 Å². The third kappa shape index (κ3) is 4.96. The number of nitrogens with zero attached hydrogens (tertiary/aromatic N) is 1. The number of carbonyl (C=O) groups is 4. The van der Waals surface area contributed by atoms with E-state index in [-0.39, 0.29) is 24.0 Å². The smallest absolute Gasteiger partial charge is 0.265 e. The van der Waals surface area contributed by atoms with Gasteiger partial charge in [-0.2, -0.15) is 0 Å².